The fourth-order valence-corrected chi connectivity index (χ4v) is 2.70. The lowest BCUT2D eigenvalue weighted by Crippen LogP contribution is -1.92. The normalized spacial score (nSPS) is 10.5. The third kappa shape index (κ3) is 1.75. The molecule has 0 aliphatic carbocycles. The van der Waals surface area contributed by atoms with Gasteiger partial charge in [0, 0.05) is 10.8 Å². The molecule has 0 saturated heterocycles. The zero-order valence-electron chi connectivity index (χ0n) is 11.7. The second kappa shape index (κ2) is 4.88. The molecule has 0 heterocycles. The Bertz CT molecular complexity index is 829. The van der Waals surface area contributed by atoms with Crippen LogP contribution in [0.1, 0.15) is 5.56 Å². The molecule has 0 aromatic heterocycles. The third-order valence-electron chi connectivity index (χ3n) is 3.62. The van der Waals surface area contributed by atoms with E-state index in [4.69, 9.17) is 9.47 Å². The van der Waals surface area contributed by atoms with Gasteiger partial charge in [0.25, 0.3) is 0 Å². The quantitative estimate of drug-likeness (QED) is 0.729. The van der Waals surface area contributed by atoms with E-state index in [1.165, 1.54) is 14.2 Å². The molecule has 3 aromatic rings. The highest BCUT2D eigenvalue weighted by atomic mass is 16.5. The molecular weight excluding hydrogens is 268 g/mol. The maximum absolute atomic E-state index is 10.7. The zero-order chi connectivity index (χ0) is 15.0. The number of aromatic hydroxyl groups is 1. The van der Waals surface area contributed by atoms with E-state index in [-0.39, 0.29) is 5.75 Å². The van der Waals surface area contributed by atoms with Gasteiger partial charge in [-0.3, -0.25) is 0 Å². The van der Waals surface area contributed by atoms with E-state index in [1.807, 2.05) is 0 Å². The molecular formula is C17H13NO3. The summed E-state index contributed by atoms with van der Waals surface area (Å²) in [7, 11) is 3.07. The van der Waals surface area contributed by atoms with Gasteiger partial charge in [-0.05, 0) is 12.1 Å². The van der Waals surface area contributed by atoms with Gasteiger partial charge in [-0.15, -0.1) is 0 Å². The monoisotopic (exact) mass is 281 g/mol. The molecule has 0 aliphatic rings. The minimum Gasteiger partial charge on any atom is -0.506 e. The lowest BCUT2D eigenvalue weighted by atomic mass is 10.1. The Balaban J connectivity index is 2.67. The van der Waals surface area contributed by atoms with Gasteiger partial charge in [0.1, 0.15) is 23.3 Å². The maximum Gasteiger partial charge on any atom is 0.138 e. The molecule has 0 bridgehead atoms. The number of fused-ring (bicyclic) bond motifs is 2. The molecule has 4 nitrogen and oxygen atoms in total. The standard InChI is InChI=1S/C17H13NO3/c1-20-13-7-3-5-10-12(9-18)11-6-4-8-14(21-2)16(11)17(19)15(10)13/h3-8,19H,1-2H3/i12+2. The smallest absolute Gasteiger partial charge is 0.138 e. The number of hydrogen-bond donors (Lipinski definition) is 1. The number of hydrogen-bond acceptors (Lipinski definition) is 4. The van der Waals surface area contributed by atoms with Crippen molar-refractivity contribution in [3.05, 3.63) is 42.0 Å². The van der Waals surface area contributed by atoms with Crippen LogP contribution in [0.25, 0.3) is 21.5 Å². The van der Waals surface area contributed by atoms with E-state index in [9.17, 15) is 10.4 Å². The average Bonchev–Trinajstić information content (AvgIpc) is 2.54. The summed E-state index contributed by atoms with van der Waals surface area (Å²) in [5.74, 6) is 1.11. The Hall–Kier alpha value is -2.93. The number of ether oxygens (including phenoxy) is 2. The summed E-state index contributed by atoms with van der Waals surface area (Å²) < 4.78 is 10.6. The minimum atomic E-state index is 0.0638. The van der Waals surface area contributed by atoms with Crippen molar-refractivity contribution in [1.29, 1.82) is 5.26 Å². The summed E-state index contributed by atoms with van der Waals surface area (Å²) in [6.07, 6.45) is 0. The van der Waals surface area contributed by atoms with Crippen molar-refractivity contribution in [3.8, 4) is 23.3 Å². The second-order valence-corrected chi connectivity index (χ2v) is 4.60. The van der Waals surface area contributed by atoms with Gasteiger partial charge in [-0.1, -0.05) is 24.3 Å². The molecule has 3 rings (SSSR count). The molecule has 0 aliphatic heterocycles. The number of phenolic OH excluding ortho intramolecular Hbond substituents is 1. The van der Waals surface area contributed by atoms with Crippen molar-refractivity contribution in [2.45, 2.75) is 0 Å². The van der Waals surface area contributed by atoms with Crippen LogP contribution in [-0.2, 0) is 0 Å². The lowest BCUT2D eigenvalue weighted by Gasteiger charge is -2.14. The van der Waals surface area contributed by atoms with E-state index < -0.39 is 0 Å². The summed E-state index contributed by atoms with van der Waals surface area (Å²) in [5.41, 5.74) is 0.496. The van der Waals surface area contributed by atoms with Crippen molar-refractivity contribution in [3.63, 3.8) is 0 Å². The molecule has 0 fully saturated rings. The topological polar surface area (TPSA) is 62.5 Å². The fraction of sp³-hybridized carbons (Fsp3) is 0.118. The van der Waals surface area contributed by atoms with E-state index >= 15 is 0 Å². The van der Waals surface area contributed by atoms with Crippen molar-refractivity contribution >= 4 is 21.5 Å². The van der Waals surface area contributed by atoms with Gasteiger partial charge >= 0.3 is 0 Å². The summed E-state index contributed by atoms with van der Waals surface area (Å²) in [6, 6.07) is 12.9. The van der Waals surface area contributed by atoms with Gasteiger partial charge in [0.2, 0.25) is 0 Å². The summed E-state index contributed by atoms with van der Waals surface area (Å²) in [4.78, 5) is 0. The first kappa shape index (κ1) is 13.1. The first-order valence-electron chi connectivity index (χ1n) is 6.41. The Morgan fingerprint density at radius 2 is 1.43 bits per heavy atom. The Labute approximate surface area is 121 Å². The van der Waals surface area contributed by atoms with Crippen molar-refractivity contribution in [2.75, 3.05) is 14.2 Å². The molecule has 3 aromatic carbocycles. The van der Waals surface area contributed by atoms with Crippen LogP contribution in [0.4, 0.5) is 0 Å². The first-order chi connectivity index (χ1) is 10.2. The molecule has 4 heteroatoms. The molecule has 0 atom stereocenters. The largest absolute Gasteiger partial charge is 0.506 e. The minimum absolute atomic E-state index is 0.0638. The SMILES string of the molecule is COc1cccc2c1c(O)c1c(OC)cccc1[14c]2C#N. The summed E-state index contributed by atoms with van der Waals surface area (Å²) in [6.45, 7) is 0. The van der Waals surface area contributed by atoms with Crippen LogP contribution in [-0.4, -0.2) is 19.3 Å². The Morgan fingerprint density at radius 3 is 1.81 bits per heavy atom. The van der Waals surface area contributed by atoms with E-state index in [1.54, 1.807) is 36.4 Å². The number of benzene rings is 3. The van der Waals surface area contributed by atoms with E-state index in [0.717, 1.165) is 0 Å². The lowest BCUT2D eigenvalue weighted by molar-refractivity contribution is 0.412. The van der Waals surface area contributed by atoms with Crippen LogP contribution in [0.5, 0.6) is 17.2 Å². The first-order valence-corrected chi connectivity index (χ1v) is 6.41. The van der Waals surface area contributed by atoms with E-state index in [0.29, 0.717) is 38.6 Å². The highest BCUT2D eigenvalue weighted by Crippen LogP contribution is 2.44. The molecule has 0 unspecified atom stereocenters. The molecule has 0 saturated carbocycles. The highest BCUT2D eigenvalue weighted by Gasteiger charge is 2.18. The van der Waals surface area contributed by atoms with Crippen molar-refractivity contribution in [1.82, 2.24) is 0 Å². The van der Waals surface area contributed by atoms with Crippen LogP contribution < -0.4 is 9.47 Å². The molecule has 21 heavy (non-hydrogen) atoms. The second-order valence-electron chi connectivity index (χ2n) is 4.60. The fourth-order valence-electron chi connectivity index (χ4n) is 2.70. The molecule has 0 radical (unpaired) electrons. The number of rotatable bonds is 2. The predicted octanol–water partition coefficient (Wildman–Crippen LogP) is 3.59. The van der Waals surface area contributed by atoms with Crippen LogP contribution in [0.3, 0.4) is 0 Å². The summed E-state index contributed by atoms with van der Waals surface area (Å²) >= 11 is 0. The zero-order valence-corrected chi connectivity index (χ0v) is 11.7. The van der Waals surface area contributed by atoms with Gasteiger partial charge in [-0.2, -0.15) is 5.26 Å². The number of nitriles is 1. The number of nitrogens with zero attached hydrogens (tertiary/aromatic N) is 1. The molecule has 0 amide bonds. The third-order valence-corrected chi connectivity index (χ3v) is 3.62. The Morgan fingerprint density at radius 1 is 0.952 bits per heavy atom. The van der Waals surface area contributed by atoms with Gasteiger partial charge in [0.05, 0.1) is 30.6 Å². The average molecular weight is 281 g/mol. The Kier molecular flexibility index (Phi) is 3.03. The molecule has 1 N–H and O–H groups in total. The number of phenols is 1. The van der Waals surface area contributed by atoms with E-state index in [2.05, 4.69) is 6.07 Å². The van der Waals surface area contributed by atoms with Crippen LogP contribution in [0.15, 0.2) is 36.4 Å². The van der Waals surface area contributed by atoms with Gasteiger partial charge < -0.3 is 14.6 Å². The van der Waals surface area contributed by atoms with Crippen molar-refractivity contribution in [2.24, 2.45) is 0 Å². The molecule has 0 spiro atoms. The van der Waals surface area contributed by atoms with Crippen LogP contribution in [0, 0.1) is 11.3 Å². The summed E-state index contributed by atoms with van der Waals surface area (Å²) in [5, 5.41) is 22.6. The highest BCUT2D eigenvalue weighted by molar-refractivity contribution is 6.13. The predicted molar refractivity (Wildman–Crippen MR) is 80.9 cm³/mol. The van der Waals surface area contributed by atoms with Crippen LogP contribution in [0.2, 0.25) is 0 Å². The van der Waals surface area contributed by atoms with Crippen LogP contribution >= 0.6 is 0 Å². The maximum atomic E-state index is 10.7. The number of methoxy groups -OCH3 is 2. The van der Waals surface area contributed by atoms with Gasteiger partial charge in [-0.25, -0.2) is 0 Å². The van der Waals surface area contributed by atoms with Gasteiger partial charge in [0.15, 0.2) is 0 Å². The van der Waals surface area contributed by atoms with Crippen molar-refractivity contribution < 1.29 is 14.6 Å². The molecule has 104 valence electrons.